The second kappa shape index (κ2) is 7.33. The van der Waals surface area contributed by atoms with E-state index in [1.54, 1.807) is 0 Å². The van der Waals surface area contributed by atoms with E-state index in [1.807, 2.05) is 29.2 Å². The fraction of sp³-hybridized carbons (Fsp3) is 0.500. The lowest BCUT2D eigenvalue weighted by atomic mass is 10.1. The number of hydrogen-bond donors (Lipinski definition) is 1. The van der Waals surface area contributed by atoms with Gasteiger partial charge in [0.1, 0.15) is 0 Å². The molecule has 2 aromatic rings. The molecular weight excluding hydrogens is 320 g/mol. The molecule has 1 amide bonds. The minimum absolute atomic E-state index is 0.0165. The van der Waals surface area contributed by atoms with Crippen molar-refractivity contribution in [3.63, 3.8) is 0 Å². The molecule has 2 aliphatic rings. The summed E-state index contributed by atoms with van der Waals surface area (Å²) in [6, 6.07) is 7.55. The van der Waals surface area contributed by atoms with Crippen molar-refractivity contribution >= 4 is 5.91 Å². The second-order valence-electron chi connectivity index (χ2n) is 6.44. The highest BCUT2D eigenvalue weighted by molar-refractivity contribution is 5.95. The van der Waals surface area contributed by atoms with Crippen LogP contribution in [0.1, 0.15) is 41.6 Å². The maximum atomic E-state index is 12.6. The zero-order valence-electron chi connectivity index (χ0n) is 14.1. The summed E-state index contributed by atoms with van der Waals surface area (Å²) in [6.45, 7) is 3.42. The summed E-state index contributed by atoms with van der Waals surface area (Å²) in [6.07, 6.45) is 3.36. The molecule has 25 heavy (non-hydrogen) atoms. The number of morpholine rings is 1. The minimum Gasteiger partial charge on any atom is -0.378 e. The Labute approximate surface area is 146 Å². The Balaban J connectivity index is 1.53. The van der Waals surface area contributed by atoms with Crippen molar-refractivity contribution in [3.05, 3.63) is 35.7 Å². The molecule has 0 spiro atoms. The van der Waals surface area contributed by atoms with Gasteiger partial charge in [0.2, 0.25) is 11.7 Å². The van der Waals surface area contributed by atoms with Crippen LogP contribution < -0.4 is 5.32 Å². The van der Waals surface area contributed by atoms with Crippen molar-refractivity contribution in [1.29, 1.82) is 0 Å². The number of nitrogens with one attached hydrogen (secondary N) is 1. The highest BCUT2D eigenvalue weighted by Gasteiger charge is 2.22. The van der Waals surface area contributed by atoms with Crippen molar-refractivity contribution in [2.24, 2.45) is 0 Å². The first-order valence-electron chi connectivity index (χ1n) is 8.86. The molecule has 0 aliphatic carbocycles. The highest BCUT2D eigenvalue weighted by Crippen LogP contribution is 2.25. The van der Waals surface area contributed by atoms with Gasteiger partial charge in [-0.15, -0.1) is 0 Å². The standard InChI is InChI=1S/C18H22N4O3/c23-18(22-8-10-24-11-9-22)14-5-3-4-13(12-14)16-20-17(25-21-16)15-6-1-2-7-19-15/h3-5,12,15,19H,1-2,6-11H2. The SMILES string of the molecule is O=C(c1cccc(-c2noc(C3CCCCN3)n2)c1)N1CCOCC1. The van der Waals surface area contributed by atoms with Crippen LogP contribution in [0.5, 0.6) is 0 Å². The van der Waals surface area contributed by atoms with Crippen LogP contribution in [-0.2, 0) is 4.74 Å². The Morgan fingerprint density at radius 3 is 2.92 bits per heavy atom. The van der Waals surface area contributed by atoms with Gasteiger partial charge in [-0.1, -0.05) is 23.7 Å². The van der Waals surface area contributed by atoms with Gasteiger partial charge in [0.05, 0.1) is 19.3 Å². The molecule has 2 saturated heterocycles. The number of hydrogen-bond acceptors (Lipinski definition) is 6. The first-order chi connectivity index (χ1) is 12.3. The number of ether oxygens (including phenoxy) is 1. The zero-order valence-corrected chi connectivity index (χ0v) is 14.1. The van der Waals surface area contributed by atoms with E-state index in [-0.39, 0.29) is 11.9 Å². The van der Waals surface area contributed by atoms with Crippen LogP contribution in [0.3, 0.4) is 0 Å². The fourth-order valence-corrected chi connectivity index (χ4v) is 3.30. The van der Waals surface area contributed by atoms with Gasteiger partial charge in [0.15, 0.2) is 0 Å². The average molecular weight is 342 g/mol. The molecule has 0 saturated carbocycles. The van der Waals surface area contributed by atoms with Gasteiger partial charge in [-0.3, -0.25) is 4.79 Å². The van der Waals surface area contributed by atoms with Crippen molar-refractivity contribution in [2.45, 2.75) is 25.3 Å². The highest BCUT2D eigenvalue weighted by atomic mass is 16.5. The number of amides is 1. The summed E-state index contributed by atoms with van der Waals surface area (Å²) in [7, 11) is 0. The Morgan fingerprint density at radius 2 is 2.12 bits per heavy atom. The van der Waals surface area contributed by atoms with Gasteiger partial charge in [-0.05, 0) is 31.5 Å². The Hall–Kier alpha value is -2.25. The molecule has 1 aromatic carbocycles. The normalized spacial score (nSPS) is 21.3. The van der Waals surface area contributed by atoms with E-state index < -0.39 is 0 Å². The minimum atomic E-state index is 0.0165. The molecule has 4 rings (SSSR count). The number of rotatable bonds is 3. The second-order valence-corrected chi connectivity index (χ2v) is 6.44. The maximum absolute atomic E-state index is 12.6. The number of benzene rings is 1. The lowest BCUT2D eigenvalue weighted by molar-refractivity contribution is 0.0303. The quantitative estimate of drug-likeness (QED) is 0.919. The van der Waals surface area contributed by atoms with Crippen molar-refractivity contribution in [1.82, 2.24) is 20.4 Å². The van der Waals surface area contributed by atoms with Gasteiger partial charge in [0, 0.05) is 24.2 Å². The van der Waals surface area contributed by atoms with Gasteiger partial charge in [0.25, 0.3) is 5.91 Å². The van der Waals surface area contributed by atoms with Crippen LogP contribution in [0.4, 0.5) is 0 Å². The molecule has 7 nitrogen and oxygen atoms in total. The lowest BCUT2D eigenvalue weighted by Crippen LogP contribution is -2.40. The Kier molecular flexibility index (Phi) is 4.76. The first-order valence-corrected chi connectivity index (χ1v) is 8.86. The Bertz CT molecular complexity index is 733. The summed E-state index contributed by atoms with van der Waals surface area (Å²) in [4.78, 5) is 19.0. The molecule has 2 fully saturated rings. The molecule has 7 heteroatoms. The fourth-order valence-electron chi connectivity index (χ4n) is 3.30. The Morgan fingerprint density at radius 1 is 1.24 bits per heavy atom. The van der Waals surface area contributed by atoms with Gasteiger partial charge >= 0.3 is 0 Å². The third kappa shape index (κ3) is 3.57. The van der Waals surface area contributed by atoms with Crippen LogP contribution in [0.25, 0.3) is 11.4 Å². The van der Waals surface area contributed by atoms with Crippen LogP contribution >= 0.6 is 0 Å². The molecule has 1 aromatic heterocycles. The number of aromatic nitrogens is 2. The predicted molar refractivity (Wildman–Crippen MR) is 91.1 cm³/mol. The lowest BCUT2D eigenvalue weighted by Gasteiger charge is -2.26. The van der Waals surface area contributed by atoms with Gasteiger partial charge < -0.3 is 19.5 Å². The number of carbonyl (C=O) groups is 1. The van der Waals surface area contributed by atoms with Crippen LogP contribution in [-0.4, -0.2) is 53.8 Å². The molecule has 0 radical (unpaired) electrons. The van der Waals surface area contributed by atoms with Gasteiger partial charge in [-0.2, -0.15) is 4.98 Å². The maximum Gasteiger partial charge on any atom is 0.254 e. The van der Waals surface area contributed by atoms with E-state index in [0.717, 1.165) is 18.5 Å². The number of nitrogens with zero attached hydrogens (tertiary/aromatic N) is 3. The molecule has 1 unspecified atom stereocenters. The van der Waals surface area contributed by atoms with E-state index in [2.05, 4.69) is 15.5 Å². The van der Waals surface area contributed by atoms with Crippen LogP contribution in [0.15, 0.2) is 28.8 Å². The van der Waals surface area contributed by atoms with E-state index >= 15 is 0 Å². The largest absolute Gasteiger partial charge is 0.378 e. The van der Waals surface area contributed by atoms with E-state index in [0.29, 0.717) is 43.6 Å². The topological polar surface area (TPSA) is 80.5 Å². The molecule has 1 N–H and O–H groups in total. The summed E-state index contributed by atoms with van der Waals surface area (Å²) in [5, 5.41) is 7.51. The molecular formula is C18H22N4O3. The monoisotopic (exact) mass is 342 g/mol. The third-order valence-electron chi connectivity index (χ3n) is 4.72. The van der Waals surface area contributed by atoms with Crippen LogP contribution in [0, 0.1) is 0 Å². The number of carbonyl (C=O) groups excluding carboxylic acids is 1. The number of piperidine rings is 1. The molecule has 3 heterocycles. The summed E-state index contributed by atoms with van der Waals surface area (Å²) < 4.78 is 10.7. The molecule has 132 valence electrons. The molecule has 2 aliphatic heterocycles. The van der Waals surface area contributed by atoms with E-state index in [9.17, 15) is 4.79 Å². The van der Waals surface area contributed by atoms with Crippen molar-refractivity contribution < 1.29 is 14.1 Å². The van der Waals surface area contributed by atoms with Crippen molar-refractivity contribution in [3.8, 4) is 11.4 Å². The van der Waals surface area contributed by atoms with Gasteiger partial charge in [-0.25, -0.2) is 0 Å². The first kappa shape index (κ1) is 16.2. The van der Waals surface area contributed by atoms with E-state index in [1.165, 1.54) is 12.8 Å². The average Bonchev–Trinajstić information content (AvgIpc) is 3.19. The smallest absolute Gasteiger partial charge is 0.254 e. The molecule has 1 atom stereocenters. The third-order valence-corrected chi connectivity index (χ3v) is 4.72. The zero-order chi connectivity index (χ0) is 17.1. The van der Waals surface area contributed by atoms with E-state index in [4.69, 9.17) is 9.26 Å². The summed E-state index contributed by atoms with van der Waals surface area (Å²) >= 11 is 0. The van der Waals surface area contributed by atoms with Crippen LogP contribution in [0.2, 0.25) is 0 Å². The van der Waals surface area contributed by atoms with Crippen molar-refractivity contribution in [2.75, 3.05) is 32.8 Å². The summed E-state index contributed by atoms with van der Waals surface area (Å²) in [5.74, 6) is 1.17. The summed E-state index contributed by atoms with van der Waals surface area (Å²) in [5.41, 5.74) is 1.44. The predicted octanol–water partition coefficient (Wildman–Crippen LogP) is 2.02. The molecule has 0 bridgehead atoms.